The Morgan fingerprint density at radius 3 is 2.70 bits per heavy atom. The number of likely N-dealkylation sites (N-methyl/N-ethyl adjacent to an activating group) is 1. The van der Waals surface area contributed by atoms with Crippen molar-refractivity contribution in [3.05, 3.63) is 64.7 Å². The third kappa shape index (κ3) is 4.65. The third-order valence-corrected chi connectivity index (χ3v) is 7.03. The Labute approximate surface area is 215 Å². The average molecular weight is 498 g/mol. The number of nitrogens with one attached hydrogen (secondary N) is 4. The van der Waals surface area contributed by atoms with Gasteiger partial charge < -0.3 is 20.5 Å². The Bertz CT molecular complexity index is 1520. The van der Waals surface area contributed by atoms with E-state index >= 15 is 0 Å². The summed E-state index contributed by atoms with van der Waals surface area (Å²) in [6.45, 7) is 11.3. The fraction of sp³-hybridized carbons (Fsp3) is 0.286. The van der Waals surface area contributed by atoms with Gasteiger partial charge in [0.05, 0.1) is 22.9 Å². The van der Waals surface area contributed by atoms with E-state index in [4.69, 9.17) is 0 Å². The van der Waals surface area contributed by atoms with Gasteiger partial charge in [-0.1, -0.05) is 19.9 Å². The molecule has 0 fully saturated rings. The molecular formula is C28H31N7O2. The zero-order valence-electron chi connectivity index (χ0n) is 21.5. The van der Waals surface area contributed by atoms with Gasteiger partial charge in [-0.15, -0.1) is 0 Å². The van der Waals surface area contributed by atoms with E-state index < -0.39 is 0 Å². The SMILES string of the molecule is CCN(CC)CCNC(=O)c1c(C)[nH]c(/C=C2\C(=O)Nc3ccc(-c4cnc5cn[nH]c5c4)cc32)c1C. The van der Waals surface area contributed by atoms with Crippen molar-refractivity contribution in [2.45, 2.75) is 27.7 Å². The maximum Gasteiger partial charge on any atom is 0.256 e. The number of fused-ring (bicyclic) bond motifs is 2. The van der Waals surface area contributed by atoms with Crippen LogP contribution in [0.2, 0.25) is 0 Å². The van der Waals surface area contributed by atoms with Crippen molar-refractivity contribution in [1.82, 2.24) is 30.4 Å². The van der Waals surface area contributed by atoms with Crippen LogP contribution in [0, 0.1) is 13.8 Å². The first-order valence-corrected chi connectivity index (χ1v) is 12.6. The van der Waals surface area contributed by atoms with E-state index in [0.717, 1.165) is 70.0 Å². The Hall–Kier alpha value is -4.24. The first-order chi connectivity index (χ1) is 17.9. The van der Waals surface area contributed by atoms with Crippen LogP contribution in [0.4, 0.5) is 5.69 Å². The van der Waals surface area contributed by atoms with E-state index in [0.29, 0.717) is 17.7 Å². The van der Waals surface area contributed by atoms with Crippen molar-refractivity contribution in [3.8, 4) is 11.1 Å². The highest BCUT2D eigenvalue weighted by Crippen LogP contribution is 2.37. The molecule has 1 aliphatic rings. The molecule has 9 heteroatoms. The van der Waals surface area contributed by atoms with Gasteiger partial charge in [-0.25, -0.2) is 0 Å². The van der Waals surface area contributed by atoms with Crippen LogP contribution in [0.5, 0.6) is 0 Å². The quantitative estimate of drug-likeness (QED) is 0.273. The fourth-order valence-electron chi connectivity index (χ4n) is 4.86. The predicted molar refractivity (Wildman–Crippen MR) is 146 cm³/mol. The first kappa shape index (κ1) is 24.5. The lowest BCUT2D eigenvalue weighted by molar-refractivity contribution is -0.110. The first-order valence-electron chi connectivity index (χ1n) is 12.6. The van der Waals surface area contributed by atoms with Crippen molar-refractivity contribution in [2.24, 2.45) is 0 Å². The van der Waals surface area contributed by atoms with Gasteiger partial charge in [0.25, 0.3) is 11.8 Å². The normalized spacial score (nSPS) is 14.0. The lowest BCUT2D eigenvalue weighted by Crippen LogP contribution is -2.35. The van der Waals surface area contributed by atoms with Crippen LogP contribution in [-0.4, -0.2) is 63.1 Å². The maximum absolute atomic E-state index is 13.0. The van der Waals surface area contributed by atoms with Gasteiger partial charge in [-0.2, -0.15) is 5.10 Å². The van der Waals surface area contributed by atoms with Gasteiger partial charge in [-0.3, -0.25) is 19.7 Å². The molecule has 4 heterocycles. The van der Waals surface area contributed by atoms with Crippen LogP contribution in [0.25, 0.3) is 33.8 Å². The number of amides is 2. The van der Waals surface area contributed by atoms with Crippen LogP contribution in [-0.2, 0) is 4.79 Å². The summed E-state index contributed by atoms with van der Waals surface area (Å²) in [5, 5.41) is 13.0. The Balaban J connectivity index is 1.43. The molecule has 190 valence electrons. The Kier molecular flexibility index (Phi) is 6.62. The van der Waals surface area contributed by atoms with E-state index in [9.17, 15) is 9.59 Å². The van der Waals surface area contributed by atoms with Gasteiger partial charge in [0.15, 0.2) is 0 Å². The lowest BCUT2D eigenvalue weighted by atomic mass is 9.99. The van der Waals surface area contributed by atoms with Crippen molar-refractivity contribution in [2.75, 3.05) is 31.5 Å². The fourth-order valence-corrected chi connectivity index (χ4v) is 4.86. The summed E-state index contributed by atoms with van der Waals surface area (Å²) < 4.78 is 0. The summed E-state index contributed by atoms with van der Waals surface area (Å²) in [5.74, 6) is -0.283. The third-order valence-electron chi connectivity index (χ3n) is 7.03. The number of pyridine rings is 1. The van der Waals surface area contributed by atoms with Crippen molar-refractivity contribution >= 4 is 40.2 Å². The number of hydrogen-bond acceptors (Lipinski definition) is 5. The Morgan fingerprint density at radius 1 is 1.11 bits per heavy atom. The molecule has 4 aromatic rings. The summed E-state index contributed by atoms with van der Waals surface area (Å²) in [7, 11) is 0. The molecule has 5 rings (SSSR count). The predicted octanol–water partition coefficient (Wildman–Crippen LogP) is 4.13. The number of benzene rings is 1. The number of nitrogens with zero attached hydrogens (tertiary/aromatic N) is 3. The molecule has 2 amide bonds. The number of hydrogen-bond donors (Lipinski definition) is 4. The van der Waals surface area contributed by atoms with E-state index in [-0.39, 0.29) is 11.8 Å². The van der Waals surface area contributed by atoms with E-state index in [1.54, 1.807) is 12.4 Å². The molecule has 9 nitrogen and oxygen atoms in total. The second kappa shape index (κ2) is 10.0. The molecular weight excluding hydrogens is 466 g/mol. The van der Waals surface area contributed by atoms with Crippen LogP contribution in [0.15, 0.2) is 36.7 Å². The topological polar surface area (TPSA) is 119 Å². The molecule has 0 radical (unpaired) electrons. The van der Waals surface area contributed by atoms with Crippen LogP contribution < -0.4 is 10.6 Å². The molecule has 0 bridgehead atoms. The standard InChI is InChI=1S/C28H31N7O2/c1-5-35(6-2)10-9-29-28(37)26-16(3)23(32-17(26)4)13-21-20-11-18(7-8-22(20)33-27(21)36)19-12-24-25(30-14-19)15-31-34-24/h7-8,11-15,32H,5-6,9-10H2,1-4H3,(H,29,37)(H,31,34)(H,33,36)/b21-13-. The molecule has 1 aliphatic heterocycles. The highest BCUT2D eigenvalue weighted by molar-refractivity contribution is 6.35. The van der Waals surface area contributed by atoms with E-state index in [2.05, 4.69) is 49.5 Å². The summed E-state index contributed by atoms with van der Waals surface area (Å²) in [6.07, 6.45) is 5.32. The molecule has 0 saturated carbocycles. The molecule has 4 N–H and O–H groups in total. The maximum atomic E-state index is 13.0. The van der Waals surface area contributed by atoms with Crippen molar-refractivity contribution in [3.63, 3.8) is 0 Å². The number of rotatable bonds is 8. The minimum atomic E-state index is -0.175. The minimum absolute atomic E-state index is 0.108. The smallest absolute Gasteiger partial charge is 0.256 e. The average Bonchev–Trinajstić information content (AvgIpc) is 3.56. The second-order valence-corrected chi connectivity index (χ2v) is 9.25. The minimum Gasteiger partial charge on any atom is -0.358 e. The Morgan fingerprint density at radius 2 is 1.92 bits per heavy atom. The van der Waals surface area contributed by atoms with Gasteiger partial charge >= 0.3 is 0 Å². The molecule has 0 aliphatic carbocycles. The van der Waals surface area contributed by atoms with Crippen LogP contribution >= 0.6 is 0 Å². The molecule has 37 heavy (non-hydrogen) atoms. The number of carbonyl (C=O) groups excluding carboxylic acids is 2. The van der Waals surface area contributed by atoms with Crippen LogP contribution in [0.3, 0.4) is 0 Å². The molecule has 0 spiro atoms. The van der Waals surface area contributed by atoms with Gasteiger partial charge in [0, 0.05) is 47.5 Å². The van der Waals surface area contributed by atoms with Gasteiger partial charge in [0.2, 0.25) is 0 Å². The number of H-pyrrole nitrogens is 2. The largest absolute Gasteiger partial charge is 0.358 e. The van der Waals surface area contributed by atoms with Crippen molar-refractivity contribution in [1.29, 1.82) is 0 Å². The molecule has 0 saturated heterocycles. The number of carbonyl (C=O) groups is 2. The van der Waals surface area contributed by atoms with E-state index in [1.807, 2.05) is 44.2 Å². The molecule has 0 atom stereocenters. The van der Waals surface area contributed by atoms with Crippen molar-refractivity contribution < 1.29 is 9.59 Å². The summed E-state index contributed by atoms with van der Waals surface area (Å²) in [6, 6.07) is 7.85. The summed E-state index contributed by atoms with van der Waals surface area (Å²) >= 11 is 0. The zero-order valence-corrected chi connectivity index (χ0v) is 21.5. The lowest BCUT2D eigenvalue weighted by Gasteiger charge is -2.18. The number of anilines is 1. The highest BCUT2D eigenvalue weighted by atomic mass is 16.2. The number of aromatic amines is 2. The molecule has 0 unspecified atom stereocenters. The van der Waals surface area contributed by atoms with Gasteiger partial charge in [-0.05, 0) is 62.3 Å². The monoisotopic (exact) mass is 497 g/mol. The second-order valence-electron chi connectivity index (χ2n) is 9.25. The molecule has 1 aromatic carbocycles. The summed E-state index contributed by atoms with van der Waals surface area (Å²) in [4.78, 5) is 35.9. The summed E-state index contributed by atoms with van der Waals surface area (Å²) in [5.41, 5.74) is 8.59. The van der Waals surface area contributed by atoms with E-state index in [1.165, 1.54) is 0 Å². The highest BCUT2D eigenvalue weighted by Gasteiger charge is 2.26. The van der Waals surface area contributed by atoms with Crippen LogP contribution in [0.1, 0.15) is 46.7 Å². The van der Waals surface area contributed by atoms with Gasteiger partial charge in [0.1, 0.15) is 5.52 Å². The number of aromatic nitrogens is 4. The number of aryl methyl sites for hydroxylation is 1. The zero-order chi connectivity index (χ0) is 26.1. The molecule has 3 aromatic heterocycles.